The highest BCUT2D eigenvalue weighted by Crippen LogP contribution is 2.36. The van der Waals surface area contributed by atoms with Crippen molar-refractivity contribution in [2.24, 2.45) is 5.92 Å². The zero-order valence-corrected chi connectivity index (χ0v) is 18.6. The molecule has 2 atom stereocenters. The molecule has 0 saturated heterocycles. The van der Waals surface area contributed by atoms with Gasteiger partial charge in [-0.1, -0.05) is 12.1 Å². The van der Waals surface area contributed by atoms with Crippen LogP contribution in [0.4, 0.5) is 17.5 Å². The summed E-state index contributed by atoms with van der Waals surface area (Å²) in [7, 11) is 1.65. The molecule has 1 fully saturated rings. The number of hydrogen-bond acceptors (Lipinski definition) is 8. The van der Waals surface area contributed by atoms with Crippen molar-refractivity contribution in [1.29, 1.82) is 0 Å². The van der Waals surface area contributed by atoms with Gasteiger partial charge < -0.3 is 20.5 Å². The molecule has 2 heterocycles. The van der Waals surface area contributed by atoms with Crippen LogP contribution in [0.3, 0.4) is 0 Å². The van der Waals surface area contributed by atoms with Crippen molar-refractivity contribution in [2.45, 2.75) is 25.3 Å². The van der Waals surface area contributed by atoms with E-state index in [0.717, 1.165) is 57.3 Å². The number of rotatable bonds is 7. The molecular weight excluding hydrogens is 422 g/mol. The fourth-order valence-corrected chi connectivity index (χ4v) is 5.04. The quantitative estimate of drug-likeness (QED) is 0.364. The summed E-state index contributed by atoms with van der Waals surface area (Å²) in [6, 6.07) is 16.0. The monoisotopic (exact) mass is 447 g/mol. The third kappa shape index (κ3) is 4.37. The molecule has 4 aromatic rings. The first-order valence-corrected chi connectivity index (χ1v) is 11.5. The number of fused-ring (bicyclic) bond motifs is 1. The number of aliphatic hydroxyl groups is 1. The predicted molar refractivity (Wildman–Crippen MR) is 129 cm³/mol. The van der Waals surface area contributed by atoms with E-state index in [4.69, 9.17) is 14.7 Å². The molecule has 32 heavy (non-hydrogen) atoms. The number of hydrogen-bond donors (Lipinski definition) is 3. The first-order chi connectivity index (χ1) is 15.7. The second kappa shape index (κ2) is 9.10. The lowest BCUT2D eigenvalue weighted by molar-refractivity contribution is 0.229. The van der Waals surface area contributed by atoms with Crippen LogP contribution in [0.2, 0.25) is 0 Å². The third-order valence-corrected chi connectivity index (χ3v) is 6.87. The Hall–Kier alpha value is -3.23. The first kappa shape index (κ1) is 20.7. The summed E-state index contributed by atoms with van der Waals surface area (Å²) in [5, 5.41) is 17.3. The SMILES string of the molecule is COc1ccc(Nc2ncc(-c3nc4ccccc4s3)c(NC3CCC(CO)C3)n2)cc1. The van der Waals surface area contributed by atoms with Gasteiger partial charge in [-0.05, 0) is 61.6 Å². The Labute approximate surface area is 190 Å². The Bertz CT molecular complexity index is 1180. The molecule has 5 rings (SSSR count). The highest BCUT2D eigenvalue weighted by Gasteiger charge is 2.26. The van der Waals surface area contributed by atoms with Gasteiger partial charge in [-0.2, -0.15) is 4.98 Å². The van der Waals surface area contributed by atoms with Crippen LogP contribution in [0.15, 0.2) is 54.7 Å². The Kier molecular flexibility index (Phi) is 5.87. The highest BCUT2D eigenvalue weighted by molar-refractivity contribution is 7.21. The van der Waals surface area contributed by atoms with E-state index in [9.17, 15) is 5.11 Å². The second-order valence-electron chi connectivity index (χ2n) is 8.00. The molecular formula is C24H25N5O2S. The van der Waals surface area contributed by atoms with Crippen LogP contribution < -0.4 is 15.4 Å². The van der Waals surface area contributed by atoms with Crippen LogP contribution in [-0.2, 0) is 0 Å². The van der Waals surface area contributed by atoms with Crippen molar-refractivity contribution in [3.05, 3.63) is 54.7 Å². The molecule has 7 nitrogen and oxygen atoms in total. The number of anilines is 3. The molecule has 1 aliphatic carbocycles. The normalized spacial score (nSPS) is 18.1. The summed E-state index contributed by atoms with van der Waals surface area (Å²) < 4.78 is 6.36. The van der Waals surface area contributed by atoms with Crippen LogP contribution in [0.5, 0.6) is 5.75 Å². The van der Waals surface area contributed by atoms with Crippen molar-refractivity contribution >= 4 is 39.0 Å². The standard InChI is InChI=1S/C24H25N5O2S/c1-31-18-10-8-16(9-11-18)27-24-25-13-19(23-28-20-4-2-3-5-21(20)32-23)22(29-24)26-17-7-6-15(12-17)14-30/h2-5,8-11,13,15,17,30H,6-7,12,14H2,1H3,(H2,25,26,27,29). The number of aliphatic hydroxyl groups excluding tert-OH is 1. The maximum atomic E-state index is 9.53. The molecule has 1 aliphatic rings. The number of benzene rings is 2. The van der Waals surface area contributed by atoms with Gasteiger partial charge in [-0.25, -0.2) is 9.97 Å². The van der Waals surface area contributed by atoms with Gasteiger partial charge in [0.15, 0.2) is 0 Å². The molecule has 0 bridgehead atoms. The van der Waals surface area contributed by atoms with Gasteiger partial charge in [0.2, 0.25) is 5.95 Å². The average Bonchev–Trinajstić information content (AvgIpc) is 3.46. The third-order valence-electron chi connectivity index (χ3n) is 5.80. The number of aromatic nitrogens is 3. The molecule has 0 aliphatic heterocycles. The molecule has 0 radical (unpaired) electrons. The smallest absolute Gasteiger partial charge is 0.229 e. The van der Waals surface area contributed by atoms with Crippen LogP contribution >= 0.6 is 11.3 Å². The molecule has 0 amide bonds. The Morgan fingerprint density at radius 3 is 2.69 bits per heavy atom. The Morgan fingerprint density at radius 1 is 1.09 bits per heavy atom. The minimum Gasteiger partial charge on any atom is -0.497 e. The maximum absolute atomic E-state index is 9.53. The first-order valence-electron chi connectivity index (χ1n) is 10.7. The Balaban J connectivity index is 1.47. The minimum atomic E-state index is 0.233. The van der Waals surface area contributed by atoms with Crippen molar-refractivity contribution < 1.29 is 9.84 Å². The van der Waals surface area contributed by atoms with Gasteiger partial charge in [0.25, 0.3) is 0 Å². The van der Waals surface area contributed by atoms with Crippen LogP contribution in [0.1, 0.15) is 19.3 Å². The van der Waals surface area contributed by atoms with E-state index in [0.29, 0.717) is 11.9 Å². The second-order valence-corrected chi connectivity index (χ2v) is 9.03. The number of nitrogens with zero attached hydrogens (tertiary/aromatic N) is 3. The van der Waals surface area contributed by atoms with E-state index in [2.05, 4.69) is 21.7 Å². The van der Waals surface area contributed by atoms with E-state index in [-0.39, 0.29) is 12.6 Å². The van der Waals surface area contributed by atoms with Crippen molar-refractivity contribution in [3.63, 3.8) is 0 Å². The zero-order chi connectivity index (χ0) is 21.9. The van der Waals surface area contributed by atoms with Gasteiger partial charge >= 0.3 is 0 Å². The average molecular weight is 448 g/mol. The number of nitrogens with one attached hydrogen (secondary N) is 2. The highest BCUT2D eigenvalue weighted by atomic mass is 32.1. The molecule has 164 valence electrons. The van der Waals surface area contributed by atoms with Gasteiger partial charge in [0, 0.05) is 24.5 Å². The largest absolute Gasteiger partial charge is 0.497 e. The summed E-state index contributed by atoms with van der Waals surface area (Å²) in [4.78, 5) is 14.2. The van der Waals surface area contributed by atoms with Gasteiger partial charge in [0.1, 0.15) is 16.6 Å². The van der Waals surface area contributed by atoms with Crippen LogP contribution in [0.25, 0.3) is 20.8 Å². The van der Waals surface area contributed by atoms with Crippen molar-refractivity contribution in [2.75, 3.05) is 24.4 Å². The minimum absolute atomic E-state index is 0.233. The van der Waals surface area contributed by atoms with Crippen molar-refractivity contribution in [1.82, 2.24) is 15.0 Å². The number of ether oxygens (including phenoxy) is 1. The van der Waals surface area contributed by atoms with Gasteiger partial charge in [-0.3, -0.25) is 0 Å². The van der Waals surface area contributed by atoms with E-state index in [1.54, 1.807) is 18.4 Å². The molecule has 1 saturated carbocycles. The molecule has 2 unspecified atom stereocenters. The molecule has 8 heteroatoms. The van der Waals surface area contributed by atoms with Crippen LogP contribution in [0, 0.1) is 5.92 Å². The van der Waals surface area contributed by atoms with Gasteiger partial charge in [0.05, 0.1) is 22.9 Å². The predicted octanol–water partition coefficient (Wildman–Crippen LogP) is 5.08. The Morgan fingerprint density at radius 2 is 1.94 bits per heavy atom. The van der Waals surface area contributed by atoms with Crippen LogP contribution in [-0.4, -0.2) is 39.8 Å². The fourth-order valence-electron chi connectivity index (χ4n) is 4.06. The number of para-hydroxylation sites is 1. The number of thiazole rings is 1. The maximum Gasteiger partial charge on any atom is 0.229 e. The lowest BCUT2D eigenvalue weighted by atomic mass is 10.1. The zero-order valence-electron chi connectivity index (χ0n) is 17.8. The molecule has 3 N–H and O–H groups in total. The van der Waals surface area contributed by atoms with E-state index < -0.39 is 0 Å². The van der Waals surface area contributed by atoms with E-state index >= 15 is 0 Å². The van der Waals surface area contributed by atoms with Crippen molar-refractivity contribution in [3.8, 4) is 16.3 Å². The summed E-state index contributed by atoms with van der Waals surface area (Å²) in [6.45, 7) is 0.233. The number of methoxy groups -OCH3 is 1. The topological polar surface area (TPSA) is 92.2 Å². The summed E-state index contributed by atoms with van der Waals surface area (Å²) in [5.41, 5.74) is 2.74. The van der Waals surface area contributed by atoms with E-state index in [1.165, 1.54) is 0 Å². The lowest BCUT2D eigenvalue weighted by Crippen LogP contribution is -2.18. The van der Waals surface area contributed by atoms with E-state index in [1.807, 2.05) is 48.7 Å². The molecule has 2 aromatic carbocycles. The lowest BCUT2D eigenvalue weighted by Gasteiger charge is -2.17. The summed E-state index contributed by atoms with van der Waals surface area (Å²) >= 11 is 1.64. The summed E-state index contributed by atoms with van der Waals surface area (Å²) in [5.74, 6) is 2.42. The molecule has 2 aromatic heterocycles. The fraction of sp³-hybridized carbons (Fsp3) is 0.292. The summed E-state index contributed by atoms with van der Waals surface area (Å²) in [6.07, 6.45) is 4.79. The van der Waals surface area contributed by atoms with Gasteiger partial charge in [-0.15, -0.1) is 11.3 Å². The molecule has 0 spiro atoms.